The van der Waals surface area contributed by atoms with Crippen molar-refractivity contribution in [3.63, 3.8) is 0 Å². The third kappa shape index (κ3) is 3.56. The largest absolute Gasteiger partial charge is 0.362 e. The standard InChI is InChI=1S/C17H23N3/c1-12(2)14-5-7-15(8-6-14)17(13(3)4)20-16-11-18-9-10-19-16/h5-13,17H,1-4H3,(H,19,20). The molecule has 3 nitrogen and oxygen atoms in total. The lowest BCUT2D eigenvalue weighted by atomic mass is 9.93. The van der Waals surface area contributed by atoms with E-state index in [4.69, 9.17) is 0 Å². The molecule has 1 N–H and O–H groups in total. The first-order valence-electron chi connectivity index (χ1n) is 7.20. The molecule has 1 heterocycles. The van der Waals surface area contributed by atoms with Crippen LogP contribution in [0.15, 0.2) is 42.9 Å². The van der Waals surface area contributed by atoms with Gasteiger partial charge in [0.2, 0.25) is 0 Å². The van der Waals surface area contributed by atoms with E-state index in [0.29, 0.717) is 11.8 Å². The Morgan fingerprint density at radius 3 is 2.05 bits per heavy atom. The first kappa shape index (κ1) is 14.5. The fourth-order valence-corrected chi connectivity index (χ4v) is 2.26. The Morgan fingerprint density at radius 2 is 1.55 bits per heavy atom. The Morgan fingerprint density at radius 1 is 0.900 bits per heavy atom. The van der Waals surface area contributed by atoms with Crippen LogP contribution in [0.2, 0.25) is 0 Å². The van der Waals surface area contributed by atoms with Crippen molar-refractivity contribution in [2.75, 3.05) is 5.32 Å². The summed E-state index contributed by atoms with van der Waals surface area (Å²) in [4.78, 5) is 8.40. The maximum Gasteiger partial charge on any atom is 0.144 e. The molecule has 0 spiro atoms. The highest BCUT2D eigenvalue weighted by Crippen LogP contribution is 2.26. The lowest BCUT2D eigenvalue weighted by Gasteiger charge is -2.23. The Balaban J connectivity index is 2.20. The van der Waals surface area contributed by atoms with Gasteiger partial charge in [-0.3, -0.25) is 4.98 Å². The highest BCUT2D eigenvalue weighted by molar-refractivity contribution is 5.37. The molecule has 2 aromatic rings. The first-order valence-corrected chi connectivity index (χ1v) is 7.20. The van der Waals surface area contributed by atoms with Crippen molar-refractivity contribution in [1.29, 1.82) is 0 Å². The van der Waals surface area contributed by atoms with Gasteiger partial charge in [0, 0.05) is 12.4 Å². The summed E-state index contributed by atoms with van der Waals surface area (Å²) in [6.45, 7) is 8.86. The van der Waals surface area contributed by atoms with Crippen molar-refractivity contribution in [1.82, 2.24) is 9.97 Å². The minimum atomic E-state index is 0.243. The molecule has 0 bridgehead atoms. The molecule has 1 aromatic heterocycles. The van der Waals surface area contributed by atoms with Gasteiger partial charge in [-0.05, 0) is 23.0 Å². The minimum Gasteiger partial charge on any atom is -0.362 e. The normalized spacial score (nSPS) is 12.7. The lowest BCUT2D eigenvalue weighted by Crippen LogP contribution is -2.17. The SMILES string of the molecule is CC(C)c1ccc(C(Nc2cnccn2)C(C)C)cc1. The Bertz CT molecular complexity index is 518. The third-order valence-electron chi connectivity index (χ3n) is 3.50. The summed E-state index contributed by atoms with van der Waals surface area (Å²) in [6.07, 6.45) is 5.16. The molecule has 0 aliphatic carbocycles. The summed E-state index contributed by atoms with van der Waals surface area (Å²) in [5, 5.41) is 3.47. The van der Waals surface area contributed by atoms with Crippen LogP contribution in [0.25, 0.3) is 0 Å². The van der Waals surface area contributed by atoms with Crippen LogP contribution >= 0.6 is 0 Å². The number of anilines is 1. The molecule has 20 heavy (non-hydrogen) atoms. The average Bonchev–Trinajstić information content (AvgIpc) is 2.45. The molecule has 1 atom stereocenters. The summed E-state index contributed by atoms with van der Waals surface area (Å²) in [6, 6.07) is 9.10. The molecule has 3 heteroatoms. The van der Waals surface area contributed by atoms with Crippen molar-refractivity contribution in [2.45, 2.75) is 39.7 Å². The Labute approximate surface area is 121 Å². The lowest BCUT2D eigenvalue weighted by molar-refractivity contribution is 0.544. The van der Waals surface area contributed by atoms with E-state index in [0.717, 1.165) is 5.82 Å². The molecule has 0 aliphatic heterocycles. The molecule has 0 saturated carbocycles. The zero-order valence-electron chi connectivity index (χ0n) is 12.7. The quantitative estimate of drug-likeness (QED) is 0.873. The van der Waals surface area contributed by atoms with Crippen molar-refractivity contribution < 1.29 is 0 Å². The van der Waals surface area contributed by atoms with Gasteiger partial charge >= 0.3 is 0 Å². The zero-order valence-corrected chi connectivity index (χ0v) is 12.7. The van der Waals surface area contributed by atoms with E-state index in [2.05, 4.69) is 67.2 Å². The van der Waals surface area contributed by atoms with E-state index in [1.165, 1.54) is 11.1 Å². The number of rotatable bonds is 5. The number of nitrogens with zero attached hydrogens (tertiary/aromatic N) is 2. The Kier molecular flexibility index (Phi) is 4.72. The molecule has 106 valence electrons. The van der Waals surface area contributed by atoms with Gasteiger partial charge < -0.3 is 5.32 Å². The van der Waals surface area contributed by atoms with Crippen molar-refractivity contribution in [3.05, 3.63) is 54.0 Å². The molecular weight excluding hydrogens is 246 g/mol. The number of hydrogen-bond donors (Lipinski definition) is 1. The van der Waals surface area contributed by atoms with Gasteiger partial charge in [-0.15, -0.1) is 0 Å². The predicted molar refractivity (Wildman–Crippen MR) is 83.8 cm³/mol. The number of hydrogen-bond acceptors (Lipinski definition) is 3. The van der Waals surface area contributed by atoms with Crippen LogP contribution in [-0.2, 0) is 0 Å². The second-order valence-corrected chi connectivity index (χ2v) is 5.78. The van der Waals surface area contributed by atoms with Gasteiger partial charge in [0.05, 0.1) is 12.2 Å². The minimum absolute atomic E-state index is 0.243. The van der Waals surface area contributed by atoms with Crippen LogP contribution in [0.3, 0.4) is 0 Å². The maximum absolute atomic E-state index is 4.30. The van der Waals surface area contributed by atoms with Crippen LogP contribution in [-0.4, -0.2) is 9.97 Å². The van der Waals surface area contributed by atoms with Crippen LogP contribution in [0.1, 0.15) is 50.8 Å². The maximum atomic E-state index is 4.30. The van der Waals surface area contributed by atoms with E-state index >= 15 is 0 Å². The first-order chi connectivity index (χ1) is 9.58. The molecular formula is C17H23N3. The molecule has 0 fully saturated rings. The molecule has 0 aliphatic rings. The second-order valence-electron chi connectivity index (χ2n) is 5.78. The monoisotopic (exact) mass is 269 g/mol. The molecule has 1 unspecified atom stereocenters. The van der Waals surface area contributed by atoms with Crippen molar-refractivity contribution in [3.8, 4) is 0 Å². The van der Waals surface area contributed by atoms with Gasteiger partial charge in [0.25, 0.3) is 0 Å². The zero-order chi connectivity index (χ0) is 14.5. The van der Waals surface area contributed by atoms with Crippen molar-refractivity contribution >= 4 is 5.82 Å². The number of nitrogens with one attached hydrogen (secondary N) is 1. The summed E-state index contributed by atoms with van der Waals surface area (Å²) in [5.74, 6) is 1.86. The molecule has 2 rings (SSSR count). The molecule has 0 saturated heterocycles. The number of benzene rings is 1. The van der Waals surface area contributed by atoms with Crippen LogP contribution < -0.4 is 5.32 Å². The smallest absolute Gasteiger partial charge is 0.144 e. The summed E-state index contributed by atoms with van der Waals surface area (Å²) in [5.41, 5.74) is 2.66. The summed E-state index contributed by atoms with van der Waals surface area (Å²) < 4.78 is 0. The summed E-state index contributed by atoms with van der Waals surface area (Å²) >= 11 is 0. The van der Waals surface area contributed by atoms with E-state index in [1.807, 2.05) is 0 Å². The molecule has 0 radical (unpaired) electrons. The van der Waals surface area contributed by atoms with Gasteiger partial charge in [-0.25, -0.2) is 4.98 Å². The van der Waals surface area contributed by atoms with Gasteiger partial charge in [-0.2, -0.15) is 0 Å². The van der Waals surface area contributed by atoms with Crippen LogP contribution in [0.4, 0.5) is 5.82 Å². The van der Waals surface area contributed by atoms with E-state index in [-0.39, 0.29) is 6.04 Å². The van der Waals surface area contributed by atoms with Gasteiger partial charge in [0.1, 0.15) is 5.82 Å². The highest BCUT2D eigenvalue weighted by atomic mass is 15.0. The van der Waals surface area contributed by atoms with E-state index in [1.54, 1.807) is 18.6 Å². The fraction of sp³-hybridized carbons (Fsp3) is 0.412. The topological polar surface area (TPSA) is 37.8 Å². The van der Waals surface area contributed by atoms with Crippen LogP contribution in [0.5, 0.6) is 0 Å². The van der Waals surface area contributed by atoms with Gasteiger partial charge in [0.15, 0.2) is 0 Å². The molecule has 0 amide bonds. The van der Waals surface area contributed by atoms with Crippen molar-refractivity contribution in [2.24, 2.45) is 5.92 Å². The highest BCUT2D eigenvalue weighted by Gasteiger charge is 2.16. The van der Waals surface area contributed by atoms with Crippen LogP contribution in [0, 0.1) is 5.92 Å². The summed E-state index contributed by atoms with van der Waals surface area (Å²) in [7, 11) is 0. The average molecular weight is 269 g/mol. The predicted octanol–water partition coefficient (Wildman–Crippen LogP) is 4.41. The molecule has 1 aromatic carbocycles. The van der Waals surface area contributed by atoms with Gasteiger partial charge in [-0.1, -0.05) is 52.0 Å². The number of aromatic nitrogens is 2. The van der Waals surface area contributed by atoms with E-state index < -0.39 is 0 Å². The fourth-order valence-electron chi connectivity index (χ4n) is 2.26. The van der Waals surface area contributed by atoms with E-state index in [9.17, 15) is 0 Å². The Hall–Kier alpha value is -1.90. The third-order valence-corrected chi connectivity index (χ3v) is 3.50. The second kappa shape index (κ2) is 6.51.